The molecule has 0 aliphatic carbocycles. The van der Waals surface area contributed by atoms with Gasteiger partial charge in [-0.1, -0.05) is 12.1 Å². The summed E-state index contributed by atoms with van der Waals surface area (Å²) in [5, 5.41) is 4.41. The lowest BCUT2D eigenvalue weighted by Gasteiger charge is -2.38. The van der Waals surface area contributed by atoms with Gasteiger partial charge < -0.3 is 4.40 Å². The highest BCUT2D eigenvalue weighted by Crippen LogP contribution is 2.29. The average Bonchev–Trinajstić information content (AvgIpc) is 3.39. The Bertz CT molecular complexity index is 1060. The predicted octanol–water partition coefficient (Wildman–Crippen LogP) is 3.95. The first-order valence-corrected chi connectivity index (χ1v) is 10.5. The first-order valence-electron chi connectivity index (χ1n) is 9.58. The fourth-order valence-corrected chi connectivity index (χ4v) is 4.65. The average molecular weight is 390 g/mol. The summed E-state index contributed by atoms with van der Waals surface area (Å²) in [5.41, 5.74) is 6.03. The second-order valence-corrected chi connectivity index (χ2v) is 8.22. The van der Waals surface area contributed by atoms with E-state index in [0.29, 0.717) is 6.04 Å². The molecule has 1 aliphatic heterocycles. The lowest BCUT2D eigenvalue weighted by atomic mass is 10.1. The van der Waals surface area contributed by atoms with Gasteiger partial charge in [-0.15, -0.1) is 0 Å². The Hall–Kier alpha value is -2.54. The quantitative estimate of drug-likeness (QED) is 0.530. The molecule has 5 heterocycles. The minimum Gasteiger partial charge on any atom is -0.305 e. The topological polar surface area (TPSA) is 36.7 Å². The van der Waals surface area contributed by atoms with Crippen molar-refractivity contribution in [3.8, 4) is 11.1 Å². The molecule has 1 atom stereocenters. The largest absolute Gasteiger partial charge is 0.305 e. The number of likely N-dealkylation sites (N-methyl/N-ethyl adjacent to an activating group) is 1. The van der Waals surface area contributed by atoms with Gasteiger partial charge >= 0.3 is 0 Å². The van der Waals surface area contributed by atoms with Crippen molar-refractivity contribution >= 4 is 16.9 Å². The van der Waals surface area contributed by atoms with Crippen LogP contribution in [0.1, 0.15) is 17.3 Å². The number of fused-ring (bicyclic) bond motifs is 1. The minimum absolute atomic E-state index is 0.307. The number of aromatic nitrogens is 3. The maximum absolute atomic E-state index is 4.82. The van der Waals surface area contributed by atoms with Gasteiger partial charge in [0.1, 0.15) is 0 Å². The van der Waals surface area contributed by atoms with Gasteiger partial charge in [0, 0.05) is 50.3 Å². The molecule has 142 valence electrons. The number of piperazine rings is 1. The van der Waals surface area contributed by atoms with E-state index < -0.39 is 0 Å². The normalized spacial score (nSPS) is 18.7. The maximum atomic E-state index is 4.82. The Morgan fingerprint density at radius 1 is 1.14 bits per heavy atom. The molecular formula is C22H23N5S. The molecule has 0 unspecified atom stereocenters. The number of nitrogens with zero attached hydrogens (tertiary/aromatic N) is 5. The molecule has 0 aromatic carbocycles. The van der Waals surface area contributed by atoms with E-state index in [4.69, 9.17) is 4.98 Å². The molecule has 0 radical (unpaired) electrons. The van der Waals surface area contributed by atoms with Crippen LogP contribution in [-0.4, -0.2) is 50.9 Å². The molecule has 4 aromatic heterocycles. The predicted molar refractivity (Wildman–Crippen MR) is 113 cm³/mol. The molecule has 1 saturated heterocycles. The van der Waals surface area contributed by atoms with E-state index in [1.807, 2.05) is 18.6 Å². The molecule has 28 heavy (non-hydrogen) atoms. The van der Waals surface area contributed by atoms with Gasteiger partial charge in [0.05, 0.1) is 23.6 Å². The number of pyridine rings is 2. The van der Waals surface area contributed by atoms with Gasteiger partial charge in [-0.25, -0.2) is 4.98 Å². The van der Waals surface area contributed by atoms with Crippen LogP contribution in [0, 0.1) is 0 Å². The highest BCUT2D eigenvalue weighted by Gasteiger charge is 2.28. The first-order chi connectivity index (χ1) is 13.8. The zero-order chi connectivity index (χ0) is 18.9. The monoisotopic (exact) mass is 389 g/mol. The van der Waals surface area contributed by atoms with Gasteiger partial charge in [0.25, 0.3) is 0 Å². The van der Waals surface area contributed by atoms with Crippen LogP contribution < -0.4 is 0 Å². The molecular weight excluding hydrogens is 366 g/mol. The fourth-order valence-electron chi connectivity index (χ4n) is 3.99. The van der Waals surface area contributed by atoms with Crippen LogP contribution in [0.5, 0.6) is 0 Å². The summed E-state index contributed by atoms with van der Waals surface area (Å²) in [6.07, 6.45) is 7.79. The van der Waals surface area contributed by atoms with E-state index in [9.17, 15) is 0 Å². The summed E-state index contributed by atoms with van der Waals surface area (Å²) >= 11 is 1.77. The Morgan fingerprint density at radius 2 is 2.11 bits per heavy atom. The first kappa shape index (κ1) is 17.6. The summed E-state index contributed by atoms with van der Waals surface area (Å²) in [5.74, 6) is 0. The lowest BCUT2D eigenvalue weighted by molar-refractivity contribution is 0.0893. The van der Waals surface area contributed by atoms with Crippen LogP contribution in [-0.2, 0) is 6.54 Å². The van der Waals surface area contributed by atoms with Crippen molar-refractivity contribution in [3.63, 3.8) is 0 Å². The Kier molecular flexibility index (Phi) is 4.68. The van der Waals surface area contributed by atoms with Crippen LogP contribution in [0.15, 0.2) is 66.0 Å². The van der Waals surface area contributed by atoms with Crippen LogP contribution in [0.3, 0.4) is 0 Å². The van der Waals surface area contributed by atoms with Gasteiger partial charge in [0.2, 0.25) is 0 Å². The molecule has 0 spiro atoms. The highest BCUT2D eigenvalue weighted by molar-refractivity contribution is 7.07. The van der Waals surface area contributed by atoms with Crippen LogP contribution >= 0.6 is 11.3 Å². The van der Waals surface area contributed by atoms with Crippen LogP contribution in [0.2, 0.25) is 0 Å². The molecule has 6 heteroatoms. The lowest BCUT2D eigenvalue weighted by Crippen LogP contribution is -2.46. The number of thiophene rings is 1. The second-order valence-electron chi connectivity index (χ2n) is 7.44. The van der Waals surface area contributed by atoms with Crippen LogP contribution in [0.4, 0.5) is 0 Å². The van der Waals surface area contributed by atoms with E-state index in [0.717, 1.165) is 43.0 Å². The molecule has 0 amide bonds. The van der Waals surface area contributed by atoms with Crippen LogP contribution in [0.25, 0.3) is 16.6 Å². The third kappa shape index (κ3) is 3.35. The molecule has 4 aromatic rings. The number of hydrogen-bond donors (Lipinski definition) is 0. The van der Waals surface area contributed by atoms with Gasteiger partial charge in [-0.3, -0.25) is 14.8 Å². The summed E-state index contributed by atoms with van der Waals surface area (Å²) in [7, 11) is 2.21. The van der Waals surface area contributed by atoms with Crippen molar-refractivity contribution in [2.24, 2.45) is 0 Å². The van der Waals surface area contributed by atoms with Crippen molar-refractivity contribution in [1.82, 2.24) is 24.2 Å². The van der Waals surface area contributed by atoms with E-state index >= 15 is 0 Å². The molecule has 5 nitrogen and oxygen atoms in total. The maximum Gasteiger partial charge on any atom is 0.0996 e. The summed E-state index contributed by atoms with van der Waals surface area (Å²) in [6.45, 7) is 4.18. The fraction of sp³-hybridized carbons (Fsp3) is 0.273. The second kappa shape index (κ2) is 7.47. The molecule has 0 saturated carbocycles. The van der Waals surface area contributed by atoms with Crippen molar-refractivity contribution in [2.75, 3.05) is 26.7 Å². The molecule has 0 bridgehead atoms. The van der Waals surface area contributed by atoms with Gasteiger partial charge in [-0.05, 0) is 47.1 Å². The van der Waals surface area contributed by atoms with Gasteiger partial charge in [-0.2, -0.15) is 11.3 Å². The molecule has 1 fully saturated rings. The van der Waals surface area contributed by atoms with Crippen molar-refractivity contribution in [1.29, 1.82) is 0 Å². The molecule has 1 aliphatic rings. The Balaban J connectivity index is 1.43. The standard InChI is InChI=1S/C22H23N5S/c1-25-8-9-26(12-17-6-10-28-15-17)14-21(25)22-20-5-4-19(13-27(20)16-24-22)18-3-2-7-23-11-18/h2-7,10-11,13,15-16,21H,8-9,12,14H2,1H3/t21-/m1/s1. The van der Waals surface area contributed by atoms with Crippen molar-refractivity contribution in [3.05, 3.63) is 77.3 Å². The van der Waals surface area contributed by atoms with Crippen molar-refractivity contribution < 1.29 is 0 Å². The van der Waals surface area contributed by atoms with E-state index in [2.05, 4.69) is 67.5 Å². The van der Waals surface area contributed by atoms with E-state index in [1.165, 1.54) is 11.1 Å². The third-order valence-corrected chi connectivity index (χ3v) is 6.32. The van der Waals surface area contributed by atoms with E-state index in [1.54, 1.807) is 17.5 Å². The highest BCUT2D eigenvalue weighted by atomic mass is 32.1. The summed E-state index contributed by atoms with van der Waals surface area (Å²) in [4.78, 5) is 14.0. The Morgan fingerprint density at radius 3 is 2.93 bits per heavy atom. The summed E-state index contributed by atoms with van der Waals surface area (Å²) in [6, 6.07) is 11.0. The Labute approximate surface area is 168 Å². The SMILES string of the molecule is CN1CCN(Cc2ccsc2)C[C@@H]1c1ncn2cc(-c3cccnc3)ccc12. The summed E-state index contributed by atoms with van der Waals surface area (Å²) < 4.78 is 2.14. The minimum atomic E-state index is 0.307. The van der Waals surface area contributed by atoms with E-state index in [-0.39, 0.29) is 0 Å². The number of hydrogen-bond acceptors (Lipinski definition) is 5. The van der Waals surface area contributed by atoms with Gasteiger partial charge in [0.15, 0.2) is 0 Å². The zero-order valence-electron chi connectivity index (χ0n) is 15.9. The third-order valence-electron chi connectivity index (χ3n) is 5.59. The molecule has 0 N–H and O–H groups in total. The number of rotatable bonds is 4. The smallest absolute Gasteiger partial charge is 0.0996 e. The van der Waals surface area contributed by atoms with Crippen molar-refractivity contribution in [2.45, 2.75) is 12.6 Å². The zero-order valence-corrected chi connectivity index (χ0v) is 16.7. The number of imidazole rings is 1. The molecule has 5 rings (SSSR count).